The van der Waals surface area contributed by atoms with Crippen LogP contribution >= 0.6 is 11.6 Å². The first-order valence-corrected chi connectivity index (χ1v) is 3.63. The Morgan fingerprint density at radius 1 is 1.46 bits per heavy atom. The monoisotopic (exact) mass is 199 g/mol. The fourth-order valence-electron chi connectivity index (χ4n) is 0.987. The van der Waals surface area contributed by atoms with Crippen LogP contribution in [0.25, 0.3) is 11.0 Å². The van der Waals surface area contributed by atoms with Crippen LogP contribution in [0.4, 0.5) is 5.69 Å². The van der Waals surface area contributed by atoms with Crippen molar-refractivity contribution < 1.29 is 9.55 Å². The van der Waals surface area contributed by atoms with Crippen LogP contribution in [0, 0.1) is 10.1 Å². The van der Waals surface area contributed by atoms with Gasteiger partial charge < -0.3 is 0 Å². The molecule has 1 aromatic carbocycles. The Labute approximate surface area is 76.2 Å². The molecule has 0 N–H and O–H groups in total. The minimum absolute atomic E-state index is 0.0215. The van der Waals surface area contributed by atoms with Gasteiger partial charge in [-0.25, -0.2) is 4.63 Å². The van der Waals surface area contributed by atoms with Gasteiger partial charge in [0.05, 0.1) is 4.92 Å². The zero-order valence-corrected chi connectivity index (χ0v) is 6.85. The van der Waals surface area contributed by atoms with E-state index >= 15 is 0 Å². The maximum absolute atomic E-state index is 10.5. The summed E-state index contributed by atoms with van der Waals surface area (Å²) < 4.78 is 4.35. The van der Waals surface area contributed by atoms with Gasteiger partial charge in [-0.15, -0.1) is 0 Å². The molecule has 66 valence electrons. The number of nitro benzene ring substituents is 1. The second-order valence-corrected chi connectivity index (χ2v) is 2.69. The molecule has 0 unspecified atom stereocenters. The fraction of sp³-hybridized carbons (Fsp3) is 0. The molecule has 0 amide bonds. The number of fused-ring (bicyclic) bond motifs is 1. The van der Waals surface area contributed by atoms with Crippen molar-refractivity contribution in [3.63, 3.8) is 0 Å². The number of rotatable bonds is 1. The molecule has 0 atom stereocenters. The standard InChI is InChI=1S/C6H2ClN3O3/c7-3-1-2-4-5(9-13-8-4)6(3)10(11)12/h1-2H. The highest BCUT2D eigenvalue weighted by molar-refractivity contribution is 6.33. The van der Waals surface area contributed by atoms with E-state index in [2.05, 4.69) is 14.9 Å². The number of hydrogen-bond donors (Lipinski definition) is 0. The van der Waals surface area contributed by atoms with Crippen molar-refractivity contribution >= 4 is 28.3 Å². The maximum atomic E-state index is 10.5. The summed E-state index contributed by atoms with van der Waals surface area (Å²) in [5, 5.41) is 17.4. The van der Waals surface area contributed by atoms with E-state index in [4.69, 9.17) is 11.6 Å². The molecule has 7 heteroatoms. The molecule has 2 rings (SSSR count). The first kappa shape index (κ1) is 7.93. The number of hydrogen-bond acceptors (Lipinski definition) is 5. The second-order valence-electron chi connectivity index (χ2n) is 2.29. The van der Waals surface area contributed by atoms with Gasteiger partial charge in [0, 0.05) is 0 Å². The molecule has 0 fully saturated rings. The summed E-state index contributed by atoms with van der Waals surface area (Å²) in [5.74, 6) is 0. The molecular formula is C6H2ClN3O3. The lowest BCUT2D eigenvalue weighted by Gasteiger charge is -1.92. The van der Waals surface area contributed by atoms with Gasteiger partial charge in [0.1, 0.15) is 10.5 Å². The van der Waals surface area contributed by atoms with Crippen molar-refractivity contribution in [2.45, 2.75) is 0 Å². The topological polar surface area (TPSA) is 82.1 Å². The van der Waals surface area contributed by atoms with Gasteiger partial charge in [0.15, 0.2) is 0 Å². The third-order valence-corrected chi connectivity index (χ3v) is 1.84. The van der Waals surface area contributed by atoms with Crippen LogP contribution in [0.2, 0.25) is 5.02 Å². The molecular weight excluding hydrogens is 198 g/mol. The summed E-state index contributed by atoms with van der Waals surface area (Å²) >= 11 is 5.60. The third-order valence-electron chi connectivity index (χ3n) is 1.53. The lowest BCUT2D eigenvalue weighted by atomic mass is 10.3. The van der Waals surface area contributed by atoms with Gasteiger partial charge in [0.25, 0.3) is 0 Å². The molecule has 0 bridgehead atoms. The molecule has 0 saturated heterocycles. The van der Waals surface area contributed by atoms with E-state index in [1.807, 2.05) is 0 Å². The molecule has 0 aliphatic carbocycles. The third kappa shape index (κ3) is 1.11. The largest absolute Gasteiger partial charge is 0.319 e. The average molecular weight is 200 g/mol. The lowest BCUT2D eigenvalue weighted by molar-refractivity contribution is -0.383. The minimum Gasteiger partial charge on any atom is -0.258 e. The first-order valence-electron chi connectivity index (χ1n) is 3.25. The van der Waals surface area contributed by atoms with E-state index in [1.165, 1.54) is 12.1 Å². The van der Waals surface area contributed by atoms with Crippen molar-refractivity contribution in [3.05, 3.63) is 27.3 Å². The molecule has 6 nitrogen and oxygen atoms in total. The maximum Gasteiger partial charge on any atom is 0.319 e. The number of nitro groups is 1. The summed E-state index contributed by atoms with van der Waals surface area (Å²) in [6, 6.07) is 2.88. The van der Waals surface area contributed by atoms with Gasteiger partial charge in [0.2, 0.25) is 5.52 Å². The fourth-order valence-corrected chi connectivity index (χ4v) is 1.21. The van der Waals surface area contributed by atoms with Crippen LogP contribution in [0.3, 0.4) is 0 Å². The highest BCUT2D eigenvalue weighted by Gasteiger charge is 2.20. The van der Waals surface area contributed by atoms with E-state index in [1.54, 1.807) is 0 Å². The van der Waals surface area contributed by atoms with Gasteiger partial charge in [-0.05, 0) is 22.4 Å². The van der Waals surface area contributed by atoms with Crippen molar-refractivity contribution in [2.75, 3.05) is 0 Å². The van der Waals surface area contributed by atoms with Gasteiger partial charge in [-0.3, -0.25) is 10.1 Å². The molecule has 1 aromatic heterocycles. The first-order chi connectivity index (χ1) is 6.20. The Bertz CT molecular complexity index is 481. The van der Waals surface area contributed by atoms with Crippen LogP contribution in [-0.2, 0) is 0 Å². The molecule has 0 aliphatic rings. The zero-order valence-electron chi connectivity index (χ0n) is 6.10. The summed E-state index contributed by atoms with van der Waals surface area (Å²) in [4.78, 5) is 9.93. The van der Waals surface area contributed by atoms with Crippen LogP contribution in [-0.4, -0.2) is 15.2 Å². The van der Waals surface area contributed by atoms with Crippen LogP contribution in [0.1, 0.15) is 0 Å². The molecule has 0 spiro atoms. The van der Waals surface area contributed by atoms with Gasteiger partial charge >= 0.3 is 5.69 Å². The Morgan fingerprint density at radius 2 is 2.23 bits per heavy atom. The van der Waals surface area contributed by atoms with E-state index in [0.717, 1.165) is 0 Å². The van der Waals surface area contributed by atoms with Crippen LogP contribution in [0.5, 0.6) is 0 Å². The molecule has 2 aromatic rings. The smallest absolute Gasteiger partial charge is 0.258 e. The van der Waals surface area contributed by atoms with E-state index < -0.39 is 4.92 Å². The summed E-state index contributed by atoms with van der Waals surface area (Å²) in [7, 11) is 0. The number of benzene rings is 1. The molecule has 0 radical (unpaired) electrons. The van der Waals surface area contributed by atoms with E-state index in [-0.39, 0.29) is 16.2 Å². The minimum atomic E-state index is -0.616. The Balaban J connectivity index is 2.88. The number of aromatic nitrogens is 2. The molecule has 0 aliphatic heterocycles. The zero-order chi connectivity index (χ0) is 9.42. The second kappa shape index (κ2) is 2.67. The van der Waals surface area contributed by atoms with Crippen molar-refractivity contribution in [1.29, 1.82) is 0 Å². The van der Waals surface area contributed by atoms with Crippen molar-refractivity contribution in [1.82, 2.24) is 10.3 Å². The van der Waals surface area contributed by atoms with Gasteiger partial charge in [-0.1, -0.05) is 11.6 Å². The number of halogens is 1. The highest BCUT2D eigenvalue weighted by atomic mass is 35.5. The van der Waals surface area contributed by atoms with Crippen LogP contribution in [0.15, 0.2) is 16.8 Å². The van der Waals surface area contributed by atoms with E-state index in [9.17, 15) is 10.1 Å². The highest BCUT2D eigenvalue weighted by Crippen LogP contribution is 2.30. The molecule has 0 saturated carbocycles. The van der Waals surface area contributed by atoms with Crippen molar-refractivity contribution in [3.8, 4) is 0 Å². The Hall–Kier alpha value is -1.69. The predicted molar refractivity (Wildman–Crippen MR) is 43.5 cm³/mol. The predicted octanol–water partition coefficient (Wildman–Crippen LogP) is 1.78. The normalized spacial score (nSPS) is 10.5. The average Bonchev–Trinajstić information content (AvgIpc) is 2.50. The quantitative estimate of drug-likeness (QED) is 0.516. The number of nitrogens with zero attached hydrogens (tertiary/aromatic N) is 3. The summed E-state index contributed by atoms with van der Waals surface area (Å²) in [6.07, 6.45) is 0. The lowest BCUT2D eigenvalue weighted by Crippen LogP contribution is -1.90. The molecule has 13 heavy (non-hydrogen) atoms. The van der Waals surface area contributed by atoms with Crippen molar-refractivity contribution in [2.24, 2.45) is 0 Å². The van der Waals surface area contributed by atoms with Gasteiger partial charge in [-0.2, -0.15) is 0 Å². The van der Waals surface area contributed by atoms with Crippen LogP contribution < -0.4 is 0 Å². The SMILES string of the molecule is O=[N+]([O-])c1c(Cl)ccc2nonc12. The summed E-state index contributed by atoms with van der Waals surface area (Å²) in [5.41, 5.74) is 0.106. The van der Waals surface area contributed by atoms with E-state index in [0.29, 0.717) is 5.52 Å². The Morgan fingerprint density at radius 3 is 2.92 bits per heavy atom. The Kier molecular flexibility index (Phi) is 1.63. The summed E-state index contributed by atoms with van der Waals surface area (Å²) in [6.45, 7) is 0. The molecule has 1 heterocycles.